The van der Waals surface area contributed by atoms with Crippen LogP contribution in [0.2, 0.25) is 5.02 Å². The molecule has 0 amide bonds. The topological polar surface area (TPSA) is 40.1 Å². The van der Waals surface area contributed by atoms with Crippen LogP contribution in [0.5, 0.6) is 0 Å². The molecule has 0 unspecified atom stereocenters. The summed E-state index contributed by atoms with van der Waals surface area (Å²) in [4.78, 5) is 10.0. The van der Waals surface area contributed by atoms with Gasteiger partial charge in [-0.25, -0.2) is 0 Å². The fourth-order valence-corrected chi connectivity index (χ4v) is 0.967. The first-order valence-electron chi connectivity index (χ1n) is 3.34. The summed E-state index contributed by atoms with van der Waals surface area (Å²) in [5.41, 5.74) is 0.670. The molecule has 0 spiro atoms. The molecule has 13 heavy (non-hydrogen) atoms. The molecule has 0 heterocycles. The molecule has 2 nitrogen and oxygen atoms in total. The largest absolute Gasteiger partial charge is 1.00 e. The second-order valence-electron chi connectivity index (χ2n) is 2.17. The SMILES string of the molecule is O=C([O-])/C=C/c1ccccc1Cl.[Li+]. The van der Waals surface area contributed by atoms with E-state index in [1.807, 2.05) is 0 Å². The minimum absolute atomic E-state index is 0. The molecule has 1 aromatic carbocycles. The van der Waals surface area contributed by atoms with Gasteiger partial charge < -0.3 is 9.90 Å². The van der Waals surface area contributed by atoms with Crippen LogP contribution in [0.1, 0.15) is 5.56 Å². The van der Waals surface area contributed by atoms with Gasteiger partial charge in [0.05, 0.1) is 5.97 Å². The van der Waals surface area contributed by atoms with Crippen LogP contribution in [-0.4, -0.2) is 5.97 Å². The van der Waals surface area contributed by atoms with E-state index >= 15 is 0 Å². The minimum Gasteiger partial charge on any atom is -0.545 e. The molecule has 0 aromatic heterocycles. The van der Waals surface area contributed by atoms with E-state index in [2.05, 4.69) is 0 Å². The van der Waals surface area contributed by atoms with Gasteiger partial charge in [-0.05, 0) is 17.7 Å². The number of hydrogen-bond acceptors (Lipinski definition) is 2. The molecule has 1 rings (SSSR count). The number of carbonyl (C=O) groups is 1. The van der Waals surface area contributed by atoms with Crippen molar-refractivity contribution in [2.45, 2.75) is 0 Å². The summed E-state index contributed by atoms with van der Waals surface area (Å²) < 4.78 is 0. The maximum absolute atomic E-state index is 10.0. The van der Waals surface area contributed by atoms with Gasteiger partial charge in [0.1, 0.15) is 0 Å². The quantitative estimate of drug-likeness (QED) is 0.402. The molecular formula is C9H6ClLiO2. The van der Waals surface area contributed by atoms with Crippen molar-refractivity contribution >= 4 is 23.6 Å². The normalized spacial score (nSPS) is 9.62. The van der Waals surface area contributed by atoms with E-state index in [9.17, 15) is 9.90 Å². The zero-order valence-corrected chi connectivity index (χ0v) is 7.91. The Morgan fingerprint density at radius 3 is 2.54 bits per heavy atom. The average molecular weight is 189 g/mol. The number of rotatable bonds is 2. The first-order valence-corrected chi connectivity index (χ1v) is 3.71. The van der Waals surface area contributed by atoms with Gasteiger partial charge in [-0.1, -0.05) is 35.9 Å². The fourth-order valence-electron chi connectivity index (χ4n) is 0.768. The van der Waals surface area contributed by atoms with E-state index in [4.69, 9.17) is 11.6 Å². The zero-order chi connectivity index (χ0) is 8.97. The Balaban J connectivity index is 0.00000144. The molecule has 0 aliphatic carbocycles. The van der Waals surface area contributed by atoms with Gasteiger partial charge in [0.2, 0.25) is 0 Å². The van der Waals surface area contributed by atoms with Crippen molar-refractivity contribution in [1.29, 1.82) is 0 Å². The molecule has 62 valence electrons. The van der Waals surface area contributed by atoms with Crippen molar-refractivity contribution in [1.82, 2.24) is 0 Å². The predicted molar refractivity (Wildman–Crippen MR) is 45.5 cm³/mol. The average Bonchev–Trinajstić information content (AvgIpc) is 2.03. The van der Waals surface area contributed by atoms with Crippen LogP contribution in [0.15, 0.2) is 30.3 Å². The van der Waals surface area contributed by atoms with Crippen LogP contribution in [0, 0.1) is 0 Å². The fraction of sp³-hybridized carbons (Fsp3) is 0. The third kappa shape index (κ3) is 4.19. The molecule has 0 saturated heterocycles. The van der Waals surface area contributed by atoms with E-state index in [0.717, 1.165) is 6.08 Å². The number of carbonyl (C=O) groups excluding carboxylic acids is 1. The molecule has 4 heteroatoms. The van der Waals surface area contributed by atoms with Gasteiger partial charge >= 0.3 is 18.9 Å². The summed E-state index contributed by atoms with van der Waals surface area (Å²) in [6.07, 6.45) is 2.35. The molecule has 0 saturated carbocycles. The first-order chi connectivity index (χ1) is 5.70. The van der Waals surface area contributed by atoms with Crippen LogP contribution in [0.3, 0.4) is 0 Å². The number of carboxylic acid groups (broad SMARTS) is 1. The van der Waals surface area contributed by atoms with Crippen LogP contribution < -0.4 is 24.0 Å². The molecule has 0 atom stereocenters. The van der Waals surface area contributed by atoms with Crippen molar-refractivity contribution < 1.29 is 28.8 Å². The Kier molecular flexibility index (Phi) is 5.57. The van der Waals surface area contributed by atoms with E-state index in [1.54, 1.807) is 24.3 Å². The molecule has 0 bridgehead atoms. The smallest absolute Gasteiger partial charge is 0.545 e. The predicted octanol–water partition coefficient (Wildman–Crippen LogP) is -1.89. The molecule has 0 aliphatic heterocycles. The van der Waals surface area contributed by atoms with Crippen LogP contribution in [-0.2, 0) is 4.79 Å². The summed E-state index contributed by atoms with van der Waals surface area (Å²) in [5.74, 6) is -1.23. The van der Waals surface area contributed by atoms with Gasteiger partial charge in [-0.15, -0.1) is 0 Å². The zero-order valence-electron chi connectivity index (χ0n) is 7.16. The van der Waals surface area contributed by atoms with Crippen LogP contribution >= 0.6 is 11.6 Å². The second-order valence-corrected chi connectivity index (χ2v) is 2.58. The Labute approximate surface area is 93.4 Å². The van der Waals surface area contributed by atoms with Crippen molar-refractivity contribution in [2.75, 3.05) is 0 Å². The van der Waals surface area contributed by atoms with E-state index < -0.39 is 5.97 Å². The molecular weight excluding hydrogens is 182 g/mol. The van der Waals surface area contributed by atoms with Crippen molar-refractivity contribution in [2.24, 2.45) is 0 Å². The number of halogens is 1. The van der Waals surface area contributed by atoms with Gasteiger partial charge in [-0.2, -0.15) is 0 Å². The Morgan fingerprint density at radius 2 is 2.00 bits per heavy atom. The number of carboxylic acids is 1. The van der Waals surface area contributed by atoms with Gasteiger partial charge in [0, 0.05) is 5.02 Å². The maximum atomic E-state index is 10.0. The summed E-state index contributed by atoms with van der Waals surface area (Å²) in [6, 6.07) is 6.97. The first kappa shape index (κ1) is 12.3. The number of benzene rings is 1. The standard InChI is InChI=1S/C9H7ClO2.Li/c10-8-4-2-1-3-7(8)5-6-9(11)12;/h1-6H,(H,11,12);/q;+1/p-1/b6-5+;. The minimum atomic E-state index is -1.23. The third-order valence-electron chi connectivity index (χ3n) is 1.30. The number of hydrogen-bond donors (Lipinski definition) is 0. The van der Waals surface area contributed by atoms with E-state index in [-0.39, 0.29) is 18.9 Å². The summed E-state index contributed by atoms with van der Waals surface area (Å²) in [7, 11) is 0. The maximum Gasteiger partial charge on any atom is 1.00 e. The second kappa shape index (κ2) is 5.88. The van der Waals surface area contributed by atoms with Crippen LogP contribution in [0.4, 0.5) is 0 Å². The van der Waals surface area contributed by atoms with E-state index in [1.165, 1.54) is 6.08 Å². The van der Waals surface area contributed by atoms with Crippen molar-refractivity contribution in [3.8, 4) is 0 Å². The monoisotopic (exact) mass is 188 g/mol. The van der Waals surface area contributed by atoms with Crippen molar-refractivity contribution in [3.05, 3.63) is 40.9 Å². The molecule has 0 aliphatic rings. The summed E-state index contributed by atoms with van der Waals surface area (Å²) >= 11 is 5.74. The Hall–Kier alpha value is -0.683. The Morgan fingerprint density at radius 1 is 1.38 bits per heavy atom. The summed E-state index contributed by atoms with van der Waals surface area (Å²) in [5, 5.41) is 10.6. The third-order valence-corrected chi connectivity index (χ3v) is 1.65. The van der Waals surface area contributed by atoms with Crippen LogP contribution in [0.25, 0.3) is 6.08 Å². The number of aliphatic carboxylic acids is 1. The Bertz CT molecular complexity index is 323. The van der Waals surface area contributed by atoms with E-state index in [0.29, 0.717) is 10.6 Å². The van der Waals surface area contributed by atoms with Gasteiger partial charge in [0.25, 0.3) is 0 Å². The summed E-state index contributed by atoms with van der Waals surface area (Å²) in [6.45, 7) is 0. The van der Waals surface area contributed by atoms with Gasteiger partial charge in [0.15, 0.2) is 0 Å². The molecule has 0 fully saturated rings. The molecule has 0 radical (unpaired) electrons. The molecule has 1 aromatic rings. The van der Waals surface area contributed by atoms with Crippen molar-refractivity contribution in [3.63, 3.8) is 0 Å². The van der Waals surface area contributed by atoms with Gasteiger partial charge in [-0.3, -0.25) is 0 Å². The molecule has 0 N–H and O–H groups in total.